The lowest BCUT2D eigenvalue weighted by Gasteiger charge is -2.16. The van der Waals surface area contributed by atoms with Crippen LogP contribution >= 0.6 is 23.2 Å². The van der Waals surface area contributed by atoms with E-state index in [0.29, 0.717) is 5.82 Å². The SMILES string of the molecule is Cn1nccc1Nc1ncc(Cl)c(-c2coc(C(=O)N[C@H](CO)c3cc(F)cc(Cl)c3)n2)n1. The number of aliphatic hydroxyl groups excluding tert-OH is 1. The lowest BCUT2D eigenvalue weighted by atomic mass is 10.1. The summed E-state index contributed by atoms with van der Waals surface area (Å²) in [6.45, 7) is -0.500. The van der Waals surface area contributed by atoms with E-state index in [4.69, 9.17) is 27.6 Å². The van der Waals surface area contributed by atoms with Crippen LogP contribution in [0.4, 0.5) is 16.2 Å². The molecule has 3 heterocycles. The van der Waals surface area contributed by atoms with Crippen LogP contribution in [0.5, 0.6) is 0 Å². The molecule has 3 N–H and O–H groups in total. The minimum atomic E-state index is -0.932. The minimum Gasteiger partial charge on any atom is -0.440 e. The number of hydrogen-bond acceptors (Lipinski definition) is 8. The molecular formula is C20H16Cl2FN7O3. The Morgan fingerprint density at radius 1 is 1.30 bits per heavy atom. The van der Waals surface area contributed by atoms with Crippen molar-refractivity contribution in [2.24, 2.45) is 7.05 Å². The van der Waals surface area contributed by atoms with Crippen molar-refractivity contribution in [3.8, 4) is 11.4 Å². The van der Waals surface area contributed by atoms with Gasteiger partial charge in [0, 0.05) is 18.1 Å². The van der Waals surface area contributed by atoms with Gasteiger partial charge < -0.3 is 20.2 Å². The number of aliphatic hydroxyl groups is 1. The van der Waals surface area contributed by atoms with Crippen LogP contribution in [0.2, 0.25) is 10.0 Å². The Morgan fingerprint density at radius 2 is 2.12 bits per heavy atom. The summed E-state index contributed by atoms with van der Waals surface area (Å²) < 4.78 is 20.5. The van der Waals surface area contributed by atoms with E-state index in [-0.39, 0.29) is 38.8 Å². The number of benzene rings is 1. The average Bonchev–Trinajstić information content (AvgIpc) is 3.42. The van der Waals surface area contributed by atoms with E-state index in [1.165, 1.54) is 18.5 Å². The Morgan fingerprint density at radius 3 is 2.82 bits per heavy atom. The highest BCUT2D eigenvalue weighted by atomic mass is 35.5. The average molecular weight is 492 g/mol. The zero-order chi connectivity index (χ0) is 23.5. The molecule has 13 heteroatoms. The molecule has 0 fully saturated rings. The molecule has 0 unspecified atom stereocenters. The predicted octanol–water partition coefficient (Wildman–Crippen LogP) is 3.52. The molecule has 0 aliphatic rings. The van der Waals surface area contributed by atoms with E-state index in [9.17, 15) is 14.3 Å². The molecule has 3 aromatic heterocycles. The number of nitrogens with one attached hydrogen (secondary N) is 2. The molecule has 1 atom stereocenters. The summed E-state index contributed by atoms with van der Waals surface area (Å²) in [5.74, 6) is -0.760. The third kappa shape index (κ3) is 5.11. The summed E-state index contributed by atoms with van der Waals surface area (Å²) in [4.78, 5) is 25.2. The highest BCUT2D eigenvalue weighted by molar-refractivity contribution is 6.32. The number of nitrogens with zero attached hydrogens (tertiary/aromatic N) is 5. The Kier molecular flexibility index (Phi) is 6.54. The molecule has 0 saturated heterocycles. The number of aryl methyl sites for hydroxylation is 1. The summed E-state index contributed by atoms with van der Waals surface area (Å²) >= 11 is 12.1. The van der Waals surface area contributed by atoms with Crippen LogP contribution in [-0.4, -0.2) is 42.4 Å². The maximum atomic E-state index is 13.6. The van der Waals surface area contributed by atoms with Crippen LogP contribution in [0.3, 0.4) is 0 Å². The molecular weight excluding hydrogens is 476 g/mol. The second-order valence-electron chi connectivity index (χ2n) is 6.80. The second-order valence-corrected chi connectivity index (χ2v) is 7.65. The van der Waals surface area contributed by atoms with Gasteiger partial charge in [0.25, 0.3) is 5.89 Å². The van der Waals surface area contributed by atoms with E-state index in [0.717, 1.165) is 12.1 Å². The number of carbonyl (C=O) groups excluding carboxylic acids is 1. The third-order valence-corrected chi connectivity index (χ3v) is 5.02. The van der Waals surface area contributed by atoms with Crippen LogP contribution < -0.4 is 10.6 Å². The maximum Gasteiger partial charge on any atom is 0.307 e. The number of aromatic nitrogens is 5. The largest absolute Gasteiger partial charge is 0.440 e. The topological polar surface area (TPSA) is 131 Å². The predicted molar refractivity (Wildman–Crippen MR) is 118 cm³/mol. The van der Waals surface area contributed by atoms with E-state index < -0.39 is 24.4 Å². The van der Waals surface area contributed by atoms with Gasteiger partial charge in [-0.3, -0.25) is 9.48 Å². The molecule has 10 nitrogen and oxygen atoms in total. The summed E-state index contributed by atoms with van der Waals surface area (Å²) in [6, 6.07) is 4.51. The fourth-order valence-corrected chi connectivity index (χ4v) is 3.35. The molecule has 1 amide bonds. The first-order chi connectivity index (χ1) is 15.8. The molecule has 170 valence electrons. The van der Waals surface area contributed by atoms with Gasteiger partial charge in [-0.25, -0.2) is 19.3 Å². The van der Waals surface area contributed by atoms with E-state index in [2.05, 4.69) is 30.7 Å². The van der Waals surface area contributed by atoms with Crippen LogP contribution in [0.25, 0.3) is 11.4 Å². The van der Waals surface area contributed by atoms with Crippen molar-refractivity contribution in [1.29, 1.82) is 0 Å². The summed E-state index contributed by atoms with van der Waals surface area (Å²) in [7, 11) is 1.75. The summed E-state index contributed by atoms with van der Waals surface area (Å²) in [5, 5.41) is 19.5. The number of amides is 1. The van der Waals surface area contributed by atoms with Crippen molar-refractivity contribution in [1.82, 2.24) is 30.0 Å². The van der Waals surface area contributed by atoms with Gasteiger partial charge in [-0.1, -0.05) is 23.2 Å². The Balaban J connectivity index is 1.54. The van der Waals surface area contributed by atoms with Gasteiger partial charge >= 0.3 is 5.91 Å². The monoisotopic (exact) mass is 491 g/mol. The lowest BCUT2D eigenvalue weighted by Crippen LogP contribution is -2.31. The van der Waals surface area contributed by atoms with Crippen LogP contribution in [0, 0.1) is 5.82 Å². The number of rotatable bonds is 7. The van der Waals surface area contributed by atoms with Gasteiger partial charge in [-0.05, 0) is 23.8 Å². The van der Waals surface area contributed by atoms with Gasteiger partial charge in [0.2, 0.25) is 5.95 Å². The van der Waals surface area contributed by atoms with Crippen molar-refractivity contribution in [3.05, 3.63) is 70.2 Å². The maximum absolute atomic E-state index is 13.6. The first kappa shape index (κ1) is 22.6. The van der Waals surface area contributed by atoms with Crippen molar-refractivity contribution < 1.29 is 18.7 Å². The van der Waals surface area contributed by atoms with Gasteiger partial charge in [0.1, 0.15) is 29.3 Å². The fourth-order valence-electron chi connectivity index (χ4n) is 2.94. The molecule has 0 aliphatic heterocycles. The zero-order valence-corrected chi connectivity index (χ0v) is 18.5. The van der Waals surface area contributed by atoms with E-state index >= 15 is 0 Å². The summed E-state index contributed by atoms with van der Waals surface area (Å²) in [5.41, 5.74) is 0.706. The number of anilines is 2. The Hall–Kier alpha value is -3.54. The molecule has 0 spiro atoms. The molecule has 0 bridgehead atoms. The molecule has 0 radical (unpaired) electrons. The van der Waals surface area contributed by atoms with Crippen LogP contribution in [-0.2, 0) is 7.05 Å². The number of hydrogen-bond donors (Lipinski definition) is 3. The van der Waals surface area contributed by atoms with Crippen molar-refractivity contribution in [3.63, 3.8) is 0 Å². The molecule has 33 heavy (non-hydrogen) atoms. The van der Waals surface area contributed by atoms with Gasteiger partial charge in [0.05, 0.1) is 30.1 Å². The van der Waals surface area contributed by atoms with Gasteiger partial charge in [-0.15, -0.1) is 0 Å². The highest BCUT2D eigenvalue weighted by Crippen LogP contribution is 2.27. The normalized spacial score (nSPS) is 11.9. The fraction of sp³-hybridized carbons (Fsp3) is 0.150. The number of carbonyl (C=O) groups is 1. The first-order valence-corrected chi connectivity index (χ1v) is 10.2. The molecule has 1 aromatic carbocycles. The third-order valence-electron chi connectivity index (χ3n) is 4.52. The van der Waals surface area contributed by atoms with E-state index in [1.807, 2.05) is 0 Å². The van der Waals surface area contributed by atoms with Gasteiger partial charge in [0.15, 0.2) is 0 Å². The molecule has 4 aromatic rings. The zero-order valence-electron chi connectivity index (χ0n) is 17.0. The number of halogens is 3. The Labute approximate surface area is 196 Å². The Bertz CT molecular complexity index is 1290. The van der Waals surface area contributed by atoms with Crippen molar-refractivity contribution in [2.45, 2.75) is 6.04 Å². The molecule has 0 aliphatic carbocycles. The smallest absolute Gasteiger partial charge is 0.307 e. The quantitative estimate of drug-likeness (QED) is 0.357. The molecule has 4 rings (SSSR count). The van der Waals surface area contributed by atoms with E-state index in [1.54, 1.807) is 24.0 Å². The number of oxazole rings is 1. The van der Waals surface area contributed by atoms with Crippen molar-refractivity contribution in [2.75, 3.05) is 11.9 Å². The first-order valence-electron chi connectivity index (χ1n) is 9.45. The van der Waals surface area contributed by atoms with Crippen LogP contribution in [0.15, 0.2) is 47.3 Å². The van der Waals surface area contributed by atoms with Crippen molar-refractivity contribution >= 4 is 40.9 Å². The second kappa shape index (κ2) is 9.53. The highest BCUT2D eigenvalue weighted by Gasteiger charge is 2.22. The summed E-state index contributed by atoms with van der Waals surface area (Å²) in [6.07, 6.45) is 4.20. The lowest BCUT2D eigenvalue weighted by molar-refractivity contribution is 0.0881. The standard InChI is InChI=1S/C20H16Cl2FN7O3/c1-30-16(2-3-25-30)28-20-24-7-13(22)17(29-20)15-9-33-19(27-15)18(32)26-14(8-31)10-4-11(21)6-12(23)5-10/h2-7,9,14,31H,8H2,1H3,(H,26,32)(H,24,28,29)/t14-/m1/s1. The minimum absolute atomic E-state index is 0.130. The van der Waals surface area contributed by atoms with Gasteiger partial charge in [-0.2, -0.15) is 5.10 Å². The van der Waals surface area contributed by atoms with Crippen LogP contribution in [0.1, 0.15) is 22.3 Å². The molecule has 0 saturated carbocycles.